The topological polar surface area (TPSA) is 104 Å². The van der Waals surface area contributed by atoms with Crippen LogP contribution in [0.25, 0.3) is 0 Å². The van der Waals surface area contributed by atoms with Crippen LogP contribution in [-0.2, 0) is 19.6 Å². The second kappa shape index (κ2) is 7.57. The molecule has 0 radical (unpaired) electrons. The minimum Gasteiger partial charge on any atom is -0.743 e. The number of hydrogen-bond donors (Lipinski definition) is 1. The van der Waals surface area contributed by atoms with Crippen LogP contribution in [0.2, 0.25) is 0 Å². The van der Waals surface area contributed by atoms with Crippen LogP contribution < -0.4 is 0 Å². The predicted octanol–water partition coefficient (Wildman–Crippen LogP) is 1.97. The van der Waals surface area contributed by atoms with Gasteiger partial charge in [-0.05, 0) is 25.7 Å². The highest BCUT2D eigenvalue weighted by Crippen LogP contribution is 2.45. The van der Waals surface area contributed by atoms with Gasteiger partial charge in [-0.25, -0.2) is 12.8 Å². The summed E-state index contributed by atoms with van der Waals surface area (Å²) in [6.45, 7) is 2.79. The fourth-order valence-corrected chi connectivity index (χ4v) is 3.33. The molecular weight excluding hydrogens is 353 g/mol. The lowest BCUT2D eigenvalue weighted by atomic mass is 9.63. The number of rotatable bonds is 9. The zero-order valence-corrected chi connectivity index (χ0v) is 14.3. The van der Waals surface area contributed by atoms with E-state index in [0.717, 1.165) is 0 Å². The first-order valence-electron chi connectivity index (χ1n) is 7.77. The largest absolute Gasteiger partial charge is 0.743 e. The van der Waals surface area contributed by atoms with E-state index in [4.69, 9.17) is 4.74 Å². The maximum atomic E-state index is 13.2. The van der Waals surface area contributed by atoms with E-state index >= 15 is 0 Å². The van der Waals surface area contributed by atoms with Gasteiger partial charge in [0.05, 0.1) is 18.1 Å². The molecule has 0 spiro atoms. The van der Waals surface area contributed by atoms with Gasteiger partial charge in [-0.2, -0.15) is 8.78 Å². The Hall–Kier alpha value is -0.870. The third-order valence-electron chi connectivity index (χ3n) is 4.81. The highest BCUT2D eigenvalue weighted by molar-refractivity contribution is 7.86. The monoisotopic (exact) mass is 375 g/mol. The molecule has 3 atom stereocenters. The summed E-state index contributed by atoms with van der Waals surface area (Å²) in [5.41, 5.74) is -1.02. The molecule has 1 aliphatic rings. The van der Waals surface area contributed by atoms with Crippen LogP contribution in [0, 0.1) is 11.8 Å². The number of esters is 1. The average Bonchev–Trinajstić information content (AvgIpc) is 2.44. The first-order valence-corrected chi connectivity index (χ1v) is 9.17. The molecule has 0 aliphatic heterocycles. The zero-order chi connectivity index (χ0) is 18.8. The van der Waals surface area contributed by atoms with Crippen molar-refractivity contribution in [2.75, 3.05) is 6.61 Å². The van der Waals surface area contributed by atoms with E-state index in [2.05, 4.69) is 0 Å². The maximum absolute atomic E-state index is 13.2. The first kappa shape index (κ1) is 21.2. The molecule has 0 aromatic rings. The van der Waals surface area contributed by atoms with E-state index in [1.165, 1.54) is 0 Å². The first-order chi connectivity index (χ1) is 10.9. The number of ether oxygens (including phenoxy) is 1. The van der Waals surface area contributed by atoms with Gasteiger partial charge < -0.3 is 14.4 Å². The van der Waals surface area contributed by atoms with Crippen LogP contribution in [0.1, 0.15) is 46.0 Å². The summed E-state index contributed by atoms with van der Waals surface area (Å²) in [7, 11) is -6.13. The van der Waals surface area contributed by atoms with Crippen LogP contribution in [-0.4, -0.2) is 47.7 Å². The molecule has 0 aromatic heterocycles. The summed E-state index contributed by atoms with van der Waals surface area (Å²) < 4.78 is 74.7. The van der Waals surface area contributed by atoms with Crippen LogP contribution in [0.15, 0.2) is 0 Å². The minimum absolute atomic E-state index is 0.315. The second-order valence-corrected chi connectivity index (χ2v) is 7.49. The fourth-order valence-electron chi connectivity index (χ4n) is 2.89. The second-order valence-electron chi connectivity index (χ2n) is 6.04. The molecule has 1 fully saturated rings. The highest BCUT2D eigenvalue weighted by Gasteiger charge is 2.49. The van der Waals surface area contributed by atoms with Gasteiger partial charge in [0.1, 0.15) is 0 Å². The standard InChI is InChI=1S/C14H23F3O6S/c1-3-13(19,4-2)10-6-5-9(10)12(18)23-8-7-11(15)14(16,17)24(20,21)22/h9-11,19H,3-8H2,1-2H3,(H,20,21,22)/p-1. The summed E-state index contributed by atoms with van der Waals surface area (Å²) in [4.78, 5) is 11.9. The normalized spacial score (nSPS) is 23.5. The molecule has 142 valence electrons. The van der Waals surface area contributed by atoms with Crippen LogP contribution in [0.5, 0.6) is 0 Å². The van der Waals surface area contributed by atoms with Crippen molar-refractivity contribution >= 4 is 16.1 Å². The summed E-state index contributed by atoms with van der Waals surface area (Å²) >= 11 is 0. The van der Waals surface area contributed by atoms with Gasteiger partial charge in [0, 0.05) is 12.3 Å². The van der Waals surface area contributed by atoms with E-state index in [-0.39, 0.29) is 5.92 Å². The van der Waals surface area contributed by atoms with Crippen molar-refractivity contribution in [3.05, 3.63) is 0 Å². The summed E-state index contributed by atoms with van der Waals surface area (Å²) in [6.07, 6.45) is -2.39. The van der Waals surface area contributed by atoms with E-state index < -0.39 is 52.1 Å². The Morgan fingerprint density at radius 2 is 1.88 bits per heavy atom. The number of hydrogen-bond acceptors (Lipinski definition) is 6. The molecule has 10 heteroatoms. The number of carbonyl (C=O) groups excluding carboxylic acids is 1. The summed E-state index contributed by atoms with van der Waals surface area (Å²) in [5.74, 6) is -1.66. The van der Waals surface area contributed by atoms with Gasteiger partial charge >= 0.3 is 11.2 Å². The molecular formula is C14H22F3O6S-. The summed E-state index contributed by atoms with van der Waals surface area (Å²) in [5, 5.41) is 5.34. The van der Waals surface area contributed by atoms with E-state index in [1.807, 2.05) is 0 Å². The van der Waals surface area contributed by atoms with Crippen LogP contribution in [0.3, 0.4) is 0 Å². The SMILES string of the molecule is CCC(O)(CC)C1CCC1C(=O)OCCC(F)C(F)(F)S(=O)(=O)[O-]. The van der Waals surface area contributed by atoms with Crippen molar-refractivity contribution in [1.29, 1.82) is 0 Å². The Bertz CT molecular complexity index is 547. The number of alkyl halides is 3. The Morgan fingerprint density at radius 3 is 2.25 bits per heavy atom. The van der Waals surface area contributed by atoms with Gasteiger partial charge in [-0.1, -0.05) is 13.8 Å². The average molecular weight is 375 g/mol. The van der Waals surface area contributed by atoms with E-state index in [9.17, 15) is 36.0 Å². The minimum atomic E-state index is -6.13. The molecule has 0 bridgehead atoms. The molecule has 24 heavy (non-hydrogen) atoms. The Morgan fingerprint density at radius 1 is 1.33 bits per heavy atom. The quantitative estimate of drug-likeness (QED) is 0.488. The van der Waals surface area contributed by atoms with Crippen molar-refractivity contribution in [3.8, 4) is 0 Å². The molecule has 1 aliphatic carbocycles. The lowest BCUT2D eigenvalue weighted by Gasteiger charge is -2.45. The van der Waals surface area contributed by atoms with Gasteiger partial charge in [-0.3, -0.25) is 4.79 Å². The molecule has 0 saturated heterocycles. The third-order valence-corrected chi connectivity index (χ3v) is 5.73. The maximum Gasteiger partial charge on any atom is 0.364 e. The van der Waals surface area contributed by atoms with Gasteiger partial charge in [0.2, 0.25) is 0 Å². The number of carbonyl (C=O) groups is 1. The zero-order valence-electron chi connectivity index (χ0n) is 13.5. The molecule has 0 amide bonds. The number of halogens is 3. The van der Waals surface area contributed by atoms with Gasteiger partial charge in [-0.15, -0.1) is 0 Å². The van der Waals surface area contributed by atoms with Gasteiger partial charge in [0.15, 0.2) is 16.3 Å². The van der Waals surface area contributed by atoms with Crippen molar-refractivity contribution in [2.24, 2.45) is 11.8 Å². The van der Waals surface area contributed by atoms with Crippen molar-refractivity contribution in [2.45, 2.75) is 63.0 Å². The van der Waals surface area contributed by atoms with Crippen molar-refractivity contribution in [3.63, 3.8) is 0 Å². The number of aliphatic hydroxyl groups is 1. The van der Waals surface area contributed by atoms with E-state index in [1.54, 1.807) is 13.8 Å². The smallest absolute Gasteiger partial charge is 0.364 e. The van der Waals surface area contributed by atoms with E-state index in [0.29, 0.717) is 25.7 Å². The summed E-state index contributed by atoms with van der Waals surface area (Å²) in [6, 6.07) is 0. The molecule has 1 saturated carbocycles. The molecule has 1 rings (SSSR count). The third kappa shape index (κ3) is 4.20. The lowest BCUT2D eigenvalue weighted by Crippen LogP contribution is -2.49. The Balaban J connectivity index is 2.53. The molecule has 0 heterocycles. The Labute approximate surface area is 139 Å². The van der Waals surface area contributed by atoms with Gasteiger partial charge in [0.25, 0.3) is 0 Å². The molecule has 6 nitrogen and oxygen atoms in total. The Kier molecular flexibility index (Phi) is 6.68. The molecule has 1 N–H and O–H groups in total. The van der Waals surface area contributed by atoms with Crippen LogP contribution in [0.4, 0.5) is 13.2 Å². The van der Waals surface area contributed by atoms with Crippen LogP contribution >= 0.6 is 0 Å². The fraction of sp³-hybridized carbons (Fsp3) is 0.929. The van der Waals surface area contributed by atoms with Crippen molar-refractivity contribution in [1.82, 2.24) is 0 Å². The molecule has 0 aromatic carbocycles. The van der Waals surface area contributed by atoms with Crippen molar-refractivity contribution < 1.29 is 40.8 Å². The highest BCUT2D eigenvalue weighted by atomic mass is 32.2. The lowest BCUT2D eigenvalue weighted by molar-refractivity contribution is -0.167. The molecule has 3 unspecified atom stereocenters. The predicted molar refractivity (Wildman–Crippen MR) is 76.9 cm³/mol.